The van der Waals surface area contributed by atoms with E-state index in [9.17, 15) is 19.7 Å². The fraction of sp³-hybridized carbons (Fsp3) is 0.296. The van der Waals surface area contributed by atoms with Gasteiger partial charge in [-0.15, -0.1) is 11.3 Å². The molecule has 0 spiro atoms. The number of methoxy groups -OCH3 is 1. The molecule has 38 heavy (non-hydrogen) atoms. The summed E-state index contributed by atoms with van der Waals surface area (Å²) in [6.45, 7) is 3.97. The molecule has 0 atom stereocenters. The van der Waals surface area contributed by atoms with Gasteiger partial charge in [0.15, 0.2) is 5.16 Å². The molecule has 1 amide bonds. The van der Waals surface area contributed by atoms with Crippen molar-refractivity contribution in [1.29, 1.82) is 0 Å². The van der Waals surface area contributed by atoms with Crippen molar-refractivity contribution >= 4 is 50.6 Å². The number of thioether (sulfide) groups is 1. The van der Waals surface area contributed by atoms with E-state index in [4.69, 9.17) is 9.72 Å². The molecule has 0 saturated heterocycles. The Bertz CT molecular complexity index is 1640. The Morgan fingerprint density at radius 3 is 2.74 bits per heavy atom. The van der Waals surface area contributed by atoms with E-state index < -0.39 is 4.92 Å². The van der Waals surface area contributed by atoms with Crippen LogP contribution < -0.4 is 15.6 Å². The number of rotatable bonds is 7. The van der Waals surface area contributed by atoms with Crippen LogP contribution in [0, 0.1) is 24.0 Å². The third-order valence-electron chi connectivity index (χ3n) is 6.55. The topological polar surface area (TPSA) is 116 Å². The average Bonchev–Trinajstić information content (AvgIpc) is 3.27. The number of carbonyl (C=O) groups excluding carboxylic acids is 1. The van der Waals surface area contributed by atoms with Gasteiger partial charge in [-0.3, -0.25) is 24.3 Å². The number of aryl methyl sites for hydroxylation is 4. The Kier molecular flexibility index (Phi) is 7.22. The minimum absolute atomic E-state index is 0.0198. The van der Waals surface area contributed by atoms with Crippen molar-refractivity contribution in [2.45, 2.75) is 44.7 Å². The van der Waals surface area contributed by atoms with Crippen molar-refractivity contribution in [2.24, 2.45) is 0 Å². The van der Waals surface area contributed by atoms with Crippen molar-refractivity contribution < 1.29 is 14.5 Å². The van der Waals surface area contributed by atoms with Gasteiger partial charge >= 0.3 is 0 Å². The molecule has 0 aliphatic heterocycles. The standard InChI is InChI=1S/C27H26N4O5S2/c1-15-8-11-20(16(2)12-15)30-26(33)24-18-6-4-5-7-22(18)38-25(24)29-27(30)37-14-23(32)28-19-10-9-17(31(34)35)13-21(19)36-3/h8-13H,4-7,14H2,1-3H3,(H,28,32). The number of nitro benzene ring substituents is 1. The molecule has 2 aromatic heterocycles. The molecule has 0 bridgehead atoms. The first-order chi connectivity index (χ1) is 18.3. The molecule has 0 radical (unpaired) electrons. The van der Waals surface area contributed by atoms with Crippen molar-refractivity contribution in [3.63, 3.8) is 0 Å². The predicted octanol–water partition coefficient (Wildman–Crippen LogP) is 5.59. The number of aromatic nitrogens is 2. The lowest BCUT2D eigenvalue weighted by molar-refractivity contribution is -0.384. The zero-order valence-corrected chi connectivity index (χ0v) is 22.8. The monoisotopic (exact) mass is 550 g/mol. The zero-order chi connectivity index (χ0) is 27.0. The molecule has 5 rings (SSSR count). The first-order valence-corrected chi connectivity index (χ1v) is 14.0. The molecule has 9 nitrogen and oxygen atoms in total. The maximum atomic E-state index is 14.0. The van der Waals surface area contributed by atoms with E-state index in [1.54, 1.807) is 15.9 Å². The van der Waals surface area contributed by atoms with Gasteiger partial charge < -0.3 is 10.1 Å². The van der Waals surface area contributed by atoms with E-state index in [0.29, 0.717) is 21.1 Å². The van der Waals surface area contributed by atoms with E-state index in [2.05, 4.69) is 5.32 Å². The van der Waals surface area contributed by atoms with Crippen LogP contribution in [0.1, 0.15) is 34.4 Å². The number of nitrogens with one attached hydrogen (secondary N) is 1. The molecule has 1 aliphatic carbocycles. The number of hydrogen-bond donors (Lipinski definition) is 1. The lowest BCUT2D eigenvalue weighted by Crippen LogP contribution is -2.24. The second kappa shape index (κ2) is 10.6. The highest BCUT2D eigenvalue weighted by Crippen LogP contribution is 2.36. The van der Waals surface area contributed by atoms with Crippen LogP contribution in [0.2, 0.25) is 0 Å². The van der Waals surface area contributed by atoms with E-state index in [0.717, 1.165) is 48.1 Å². The molecule has 2 heterocycles. The lowest BCUT2D eigenvalue weighted by atomic mass is 9.97. The summed E-state index contributed by atoms with van der Waals surface area (Å²) in [5.41, 5.74) is 3.97. The molecule has 2 aromatic carbocycles. The number of thiophene rings is 1. The maximum absolute atomic E-state index is 14.0. The van der Waals surface area contributed by atoms with Gasteiger partial charge in [-0.1, -0.05) is 29.5 Å². The van der Waals surface area contributed by atoms with Crippen LogP contribution >= 0.6 is 23.1 Å². The largest absolute Gasteiger partial charge is 0.494 e. The van der Waals surface area contributed by atoms with Crippen LogP contribution in [0.15, 0.2) is 46.3 Å². The SMILES string of the molecule is COc1cc([N+](=O)[O-])ccc1NC(=O)CSc1nc2sc3c(c2c(=O)n1-c1ccc(C)cc1C)CCCC3. The predicted molar refractivity (Wildman–Crippen MR) is 150 cm³/mol. The Morgan fingerprint density at radius 2 is 2.00 bits per heavy atom. The van der Waals surface area contributed by atoms with Crippen LogP contribution in [-0.4, -0.2) is 33.2 Å². The summed E-state index contributed by atoms with van der Waals surface area (Å²) in [4.78, 5) is 44.2. The molecule has 0 saturated carbocycles. The Labute approximate surface area is 227 Å². The molecule has 0 unspecified atom stereocenters. The number of hydrogen-bond acceptors (Lipinski definition) is 8. The summed E-state index contributed by atoms with van der Waals surface area (Å²) in [5, 5.41) is 14.9. The highest BCUT2D eigenvalue weighted by atomic mass is 32.2. The summed E-state index contributed by atoms with van der Waals surface area (Å²) < 4.78 is 6.85. The Hall–Kier alpha value is -3.70. The number of nitrogens with zero attached hydrogens (tertiary/aromatic N) is 3. The second-order valence-electron chi connectivity index (χ2n) is 9.19. The normalized spacial score (nSPS) is 12.8. The van der Waals surface area contributed by atoms with Gasteiger partial charge in [0.05, 0.1) is 40.6 Å². The number of carbonyl (C=O) groups is 1. The highest BCUT2D eigenvalue weighted by Gasteiger charge is 2.24. The summed E-state index contributed by atoms with van der Waals surface area (Å²) >= 11 is 2.75. The molecule has 196 valence electrons. The lowest BCUT2D eigenvalue weighted by Gasteiger charge is -2.16. The Morgan fingerprint density at radius 1 is 1.21 bits per heavy atom. The van der Waals surface area contributed by atoms with Crippen LogP contribution in [0.5, 0.6) is 5.75 Å². The van der Waals surface area contributed by atoms with E-state index in [-0.39, 0.29) is 28.7 Å². The highest BCUT2D eigenvalue weighted by molar-refractivity contribution is 7.99. The number of amides is 1. The molecule has 1 aliphatic rings. The van der Waals surface area contributed by atoms with Crippen LogP contribution in [0.25, 0.3) is 15.9 Å². The fourth-order valence-electron chi connectivity index (χ4n) is 4.76. The summed E-state index contributed by atoms with van der Waals surface area (Å²) in [5.74, 6) is -0.184. The number of ether oxygens (including phenoxy) is 1. The van der Waals surface area contributed by atoms with E-state index in [1.165, 1.54) is 41.9 Å². The van der Waals surface area contributed by atoms with Crippen LogP contribution in [0.3, 0.4) is 0 Å². The number of nitro groups is 1. The fourth-order valence-corrected chi connectivity index (χ4v) is 6.87. The van der Waals surface area contributed by atoms with Crippen LogP contribution in [-0.2, 0) is 17.6 Å². The average molecular weight is 551 g/mol. The first-order valence-electron chi connectivity index (χ1n) is 12.2. The smallest absolute Gasteiger partial charge is 0.273 e. The van der Waals surface area contributed by atoms with Gasteiger partial charge in [0, 0.05) is 10.9 Å². The molecule has 4 aromatic rings. The molecular formula is C27H26N4O5S2. The minimum Gasteiger partial charge on any atom is -0.494 e. The van der Waals surface area contributed by atoms with Crippen molar-refractivity contribution in [1.82, 2.24) is 9.55 Å². The molecule has 11 heteroatoms. The second-order valence-corrected chi connectivity index (χ2v) is 11.2. The third kappa shape index (κ3) is 4.91. The van der Waals surface area contributed by atoms with E-state index in [1.807, 2.05) is 32.0 Å². The van der Waals surface area contributed by atoms with Gasteiger partial charge in [-0.2, -0.15) is 0 Å². The number of anilines is 1. The summed E-state index contributed by atoms with van der Waals surface area (Å²) in [7, 11) is 1.38. The molecular weight excluding hydrogens is 524 g/mol. The Balaban J connectivity index is 1.50. The van der Waals surface area contributed by atoms with Gasteiger partial charge in [-0.05, 0) is 62.8 Å². The van der Waals surface area contributed by atoms with Gasteiger partial charge in [-0.25, -0.2) is 4.98 Å². The number of fused-ring (bicyclic) bond motifs is 3. The van der Waals surface area contributed by atoms with Gasteiger partial charge in [0.25, 0.3) is 11.2 Å². The van der Waals surface area contributed by atoms with Gasteiger partial charge in [0.2, 0.25) is 5.91 Å². The zero-order valence-electron chi connectivity index (χ0n) is 21.2. The molecule has 1 N–H and O–H groups in total. The summed E-state index contributed by atoms with van der Waals surface area (Å²) in [6.07, 6.45) is 4.01. The van der Waals surface area contributed by atoms with Crippen molar-refractivity contribution in [3.05, 3.63) is 78.4 Å². The van der Waals surface area contributed by atoms with Crippen LogP contribution in [0.4, 0.5) is 11.4 Å². The van der Waals surface area contributed by atoms with E-state index >= 15 is 0 Å². The number of non-ortho nitro benzene ring substituents is 1. The minimum atomic E-state index is -0.527. The maximum Gasteiger partial charge on any atom is 0.273 e. The van der Waals surface area contributed by atoms with Crippen molar-refractivity contribution in [3.8, 4) is 11.4 Å². The summed E-state index contributed by atoms with van der Waals surface area (Å²) in [6, 6.07) is 9.91. The molecule has 0 fully saturated rings. The third-order valence-corrected chi connectivity index (χ3v) is 8.68. The number of benzene rings is 2. The quantitative estimate of drug-likeness (QED) is 0.138. The van der Waals surface area contributed by atoms with Gasteiger partial charge in [0.1, 0.15) is 10.6 Å². The first kappa shape index (κ1) is 25.9. The van der Waals surface area contributed by atoms with Crippen molar-refractivity contribution in [2.75, 3.05) is 18.2 Å².